The summed E-state index contributed by atoms with van der Waals surface area (Å²) < 4.78 is 6.68. The number of likely N-dealkylation sites (N-methyl/N-ethyl adjacent to an activating group) is 1. The Hall–Kier alpha value is -1.60. The van der Waals surface area contributed by atoms with Crippen molar-refractivity contribution in [2.75, 3.05) is 26.7 Å². The Bertz CT molecular complexity index is 747. The van der Waals surface area contributed by atoms with Gasteiger partial charge in [-0.05, 0) is 51.3 Å². The minimum atomic E-state index is -0.518. The lowest BCUT2D eigenvalue weighted by atomic mass is 9.94. The lowest BCUT2D eigenvalue weighted by Crippen LogP contribution is -2.70. The number of halogens is 1. The van der Waals surface area contributed by atoms with Crippen LogP contribution < -0.4 is 0 Å². The maximum atomic E-state index is 13.0. The Balaban J connectivity index is 1.81. The van der Waals surface area contributed by atoms with Crippen molar-refractivity contribution in [1.29, 1.82) is 0 Å². The molecular weight excluding hydrogens is 434 g/mol. The number of carbonyl (C=O) groups excluding carboxylic acids is 2. The number of amides is 2. The summed E-state index contributed by atoms with van der Waals surface area (Å²) in [6.45, 7) is 9.68. The molecule has 6 nitrogen and oxygen atoms in total. The minimum absolute atomic E-state index is 0.0460. The second-order valence-corrected chi connectivity index (χ2v) is 10.0. The molecular formula is C22H32BrN3O3. The van der Waals surface area contributed by atoms with Gasteiger partial charge in [0.15, 0.2) is 0 Å². The quantitative estimate of drug-likeness (QED) is 0.684. The van der Waals surface area contributed by atoms with E-state index < -0.39 is 5.60 Å². The first-order valence-electron chi connectivity index (χ1n) is 10.3. The molecule has 0 N–H and O–H groups in total. The van der Waals surface area contributed by atoms with Crippen LogP contribution in [0.25, 0.3) is 0 Å². The van der Waals surface area contributed by atoms with E-state index in [1.54, 1.807) is 0 Å². The third kappa shape index (κ3) is 5.12. The summed E-state index contributed by atoms with van der Waals surface area (Å²) in [5.41, 5.74) is 0.624. The second kappa shape index (κ2) is 8.64. The number of ether oxygens (including phenoxy) is 1. The molecule has 160 valence electrons. The zero-order valence-electron chi connectivity index (χ0n) is 18.0. The fourth-order valence-corrected chi connectivity index (χ4v) is 4.52. The van der Waals surface area contributed by atoms with Crippen molar-refractivity contribution in [2.24, 2.45) is 0 Å². The maximum absolute atomic E-state index is 13.0. The minimum Gasteiger partial charge on any atom is -0.444 e. The van der Waals surface area contributed by atoms with Crippen LogP contribution in [0, 0.1) is 0 Å². The smallest absolute Gasteiger partial charge is 0.410 e. The summed E-state index contributed by atoms with van der Waals surface area (Å²) in [5, 5.41) is 0. The van der Waals surface area contributed by atoms with Gasteiger partial charge in [0, 0.05) is 43.2 Å². The Morgan fingerprint density at radius 1 is 1.17 bits per heavy atom. The predicted molar refractivity (Wildman–Crippen MR) is 117 cm³/mol. The van der Waals surface area contributed by atoms with Crippen molar-refractivity contribution >= 4 is 27.9 Å². The Labute approximate surface area is 182 Å². The second-order valence-electron chi connectivity index (χ2n) is 9.11. The highest BCUT2D eigenvalue weighted by molar-refractivity contribution is 9.10. The highest BCUT2D eigenvalue weighted by Gasteiger charge is 2.46. The molecule has 0 spiro atoms. The first kappa shape index (κ1) is 22.1. The zero-order valence-corrected chi connectivity index (χ0v) is 19.6. The highest BCUT2D eigenvalue weighted by Crippen LogP contribution is 2.28. The zero-order chi connectivity index (χ0) is 21.3. The van der Waals surface area contributed by atoms with Crippen LogP contribution in [0.1, 0.15) is 39.7 Å². The molecule has 2 aliphatic rings. The van der Waals surface area contributed by atoms with E-state index in [4.69, 9.17) is 4.74 Å². The van der Waals surface area contributed by atoms with Crippen LogP contribution >= 0.6 is 15.9 Å². The molecule has 0 radical (unpaired) electrons. The summed E-state index contributed by atoms with van der Waals surface area (Å²) in [4.78, 5) is 31.8. The van der Waals surface area contributed by atoms with Crippen LogP contribution in [-0.4, -0.2) is 77.1 Å². The number of carbonyl (C=O) groups is 2. The van der Waals surface area contributed by atoms with Gasteiger partial charge in [-0.25, -0.2) is 4.79 Å². The number of nitrogens with zero attached hydrogens (tertiary/aromatic N) is 3. The molecule has 0 unspecified atom stereocenters. The molecule has 1 aromatic rings. The fraction of sp³-hybridized carbons (Fsp3) is 0.636. The lowest BCUT2D eigenvalue weighted by molar-refractivity contribution is -0.147. The standard InChI is InChI=1S/C22H32BrN3O3/c1-6-17-13-25-18(14-26(17)21(28)29-22(2,3)4)12-24(5)20(27)19(25)11-15-7-9-16(23)10-8-15/h7-10,17-19H,6,11-14H2,1-5H3/t17-,18-,19-/m0/s1. The summed E-state index contributed by atoms with van der Waals surface area (Å²) in [5.74, 6) is 0.157. The number of rotatable bonds is 3. The number of hydrogen-bond acceptors (Lipinski definition) is 4. The van der Waals surface area contributed by atoms with Crippen LogP contribution in [0.5, 0.6) is 0 Å². The Morgan fingerprint density at radius 3 is 2.41 bits per heavy atom. The van der Waals surface area contributed by atoms with Gasteiger partial charge in [-0.1, -0.05) is 35.0 Å². The number of benzene rings is 1. The van der Waals surface area contributed by atoms with E-state index in [-0.39, 0.29) is 30.1 Å². The third-order valence-corrected chi connectivity index (χ3v) is 6.26. The molecule has 29 heavy (non-hydrogen) atoms. The average molecular weight is 466 g/mol. The van der Waals surface area contributed by atoms with Gasteiger partial charge in [-0.15, -0.1) is 0 Å². The van der Waals surface area contributed by atoms with E-state index in [0.29, 0.717) is 26.1 Å². The number of piperazine rings is 2. The van der Waals surface area contributed by atoms with Crippen LogP contribution in [0.2, 0.25) is 0 Å². The van der Waals surface area contributed by atoms with Crippen molar-refractivity contribution in [3.8, 4) is 0 Å². The molecule has 0 aliphatic carbocycles. The molecule has 7 heteroatoms. The van der Waals surface area contributed by atoms with E-state index in [0.717, 1.165) is 16.5 Å². The van der Waals surface area contributed by atoms with Gasteiger partial charge in [0.2, 0.25) is 5.91 Å². The van der Waals surface area contributed by atoms with Crippen LogP contribution in [0.4, 0.5) is 4.79 Å². The van der Waals surface area contributed by atoms with Gasteiger partial charge in [0.1, 0.15) is 5.60 Å². The van der Waals surface area contributed by atoms with Gasteiger partial charge < -0.3 is 14.5 Å². The summed E-state index contributed by atoms with van der Waals surface area (Å²) in [6, 6.07) is 8.12. The van der Waals surface area contributed by atoms with E-state index in [9.17, 15) is 9.59 Å². The molecule has 1 aromatic carbocycles. The molecule has 2 fully saturated rings. The molecule has 2 aliphatic heterocycles. The monoisotopic (exact) mass is 465 g/mol. The number of hydrogen-bond donors (Lipinski definition) is 0. The maximum Gasteiger partial charge on any atom is 0.410 e. The van der Waals surface area contributed by atoms with E-state index in [1.165, 1.54) is 0 Å². The van der Waals surface area contributed by atoms with E-state index >= 15 is 0 Å². The summed E-state index contributed by atoms with van der Waals surface area (Å²) in [7, 11) is 1.86. The predicted octanol–water partition coefficient (Wildman–Crippen LogP) is 3.53. The normalized spacial score (nSPS) is 25.7. The molecule has 0 aromatic heterocycles. The van der Waals surface area contributed by atoms with Crippen molar-refractivity contribution in [3.05, 3.63) is 34.3 Å². The topological polar surface area (TPSA) is 53.1 Å². The summed E-state index contributed by atoms with van der Waals surface area (Å²) in [6.07, 6.45) is 1.25. The first-order valence-corrected chi connectivity index (χ1v) is 11.1. The van der Waals surface area contributed by atoms with Crippen molar-refractivity contribution in [3.63, 3.8) is 0 Å². The van der Waals surface area contributed by atoms with Crippen LogP contribution in [0.3, 0.4) is 0 Å². The largest absolute Gasteiger partial charge is 0.444 e. The van der Waals surface area contributed by atoms with E-state index in [1.807, 2.05) is 49.8 Å². The molecule has 0 bridgehead atoms. The van der Waals surface area contributed by atoms with Gasteiger partial charge in [-0.2, -0.15) is 0 Å². The summed E-state index contributed by atoms with van der Waals surface area (Å²) >= 11 is 3.47. The third-order valence-electron chi connectivity index (χ3n) is 5.73. The fourth-order valence-electron chi connectivity index (χ4n) is 4.26. The molecule has 3 atom stereocenters. The first-order chi connectivity index (χ1) is 13.6. The van der Waals surface area contributed by atoms with Crippen molar-refractivity contribution in [1.82, 2.24) is 14.7 Å². The van der Waals surface area contributed by atoms with Crippen LogP contribution in [-0.2, 0) is 16.0 Å². The molecule has 2 heterocycles. The van der Waals surface area contributed by atoms with Crippen LogP contribution in [0.15, 0.2) is 28.7 Å². The molecule has 2 saturated heterocycles. The SMILES string of the molecule is CC[C@H]1CN2[C@@H](CN(C)C(=O)[C@@H]2Cc2ccc(Br)cc2)CN1C(=O)OC(C)(C)C. The Kier molecular flexibility index (Phi) is 6.58. The van der Waals surface area contributed by atoms with Gasteiger partial charge >= 0.3 is 6.09 Å². The van der Waals surface area contributed by atoms with Gasteiger partial charge in [-0.3, -0.25) is 9.69 Å². The van der Waals surface area contributed by atoms with E-state index in [2.05, 4.69) is 39.9 Å². The van der Waals surface area contributed by atoms with Gasteiger partial charge in [0.25, 0.3) is 0 Å². The lowest BCUT2D eigenvalue weighted by Gasteiger charge is -2.52. The molecule has 0 saturated carbocycles. The van der Waals surface area contributed by atoms with Crippen molar-refractivity contribution in [2.45, 2.75) is 64.3 Å². The Morgan fingerprint density at radius 2 is 1.83 bits per heavy atom. The molecule has 3 rings (SSSR count). The molecule has 2 amide bonds. The van der Waals surface area contributed by atoms with Crippen molar-refractivity contribution < 1.29 is 14.3 Å². The average Bonchev–Trinajstić information content (AvgIpc) is 2.64. The van der Waals surface area contributed by atoms with Gasteiger partial charge in [0.05, 0.1) is 6.04 Å². The number of fused-ring (bicyclic) bond motifs is 1. The highest BCUT2D eigenvalue weighted by atomic mass is 79.9.